The first-order valence-electron chi connectivity index (χ1n) is 9.14. The number of urea groups is 1. The highest BCUT2D eigenvalue weighted by atomic mass is 35.5. The quantitative estimate of drug-likeness (QED) is 0.858. The first-order valence-corrected chi connectivity index (χ1v) is 9.51. The number of nitrogens with zero attached hydrogens (tertiary/aromatic N) is 1. The minimum Gasteiger partial charge on any atom is -0.489 e. The van der Waals surface area contributed by atoms with Crippen molar-refractivity contribution < 1.29 is 14.6 Å². The predicted octanol–water partition coefficient (Wildman–Crippen LogP) is 3.44. The fraction of sp³-hybridized carbons (Fsp3) is 0.632. The SMILES string of the molecule is C[C@@H](CNC(=O)N1CCC2(O)CCCCC2C1)Oc1ccc(Cl)cc1. The number of piperidine rings is 1. The minimum atomic E-state index is -0.556. The Morgan fingerprint density at radius 3 is 2.92 bits per heavy atom. The first kappa shape index (κ1) is 18.3. The summed E-state index contributed by atoms with van der Waals surface area (Å²) in [6.45, 7) is 3.62. The molecule has 1 aliphatic carbocycles. The standard InChI is InChI=1S/C19H27ClN2O3/c1-14(25-17-7-5-16(20)6-8-17)12-21-18(23)22-11-10-19(24)9-3-2-4-15(19)13-22/h5-8,14-15,24H,2-4,9-13H2,1H3,(H,21,23)/t14-,15?,19?/m0/s1. The largest absolute Gasteiger partial charge is 0.489 e. The van der Waals surface area contributed by atoms with Crippen LogP contribution in [0.5, 0.6) is 5.75 Å². The fourth-order valence-corrected chi connectivity index (χ4v) is 4.01. The number of fused-ring (bicyclic) bond motifs is 1. The molecule has 1 heterocycles. The summed E-state index contributed by atoms with van der Waals surface area (Å²) < 4.78 is 5.78. The number of nitrogens with one attached hydrogen (secondary N) is 1. The molecule has 6 heteroatoms. The van der Waals surface area contributed by atoms with E-state index in [1.807, 2.05) is 24.0 Å². The predicted molar refractivity (Wildman–Crippen MR) is 98.0 cm³/mol. The van der Waals surface area contributed by atoms with Crippen molar-refractivity contribution in [2.24, 2.45) is 5.92 Å². The normalized spacial score (nSPS) is 27.3. The van der Waals surface area contributed by atoms with Gasteiger partial charge in [-0.3, -0.25) is 0 Å². The van der Waals surface area contributed by atoms with E-state index in [0.717, 1.165) is 31.4 Å². The number of rotatable bonds is 4. The molecule has 1 saturated carbocycles. The van der Waals surface area contributed by atoms with Crippen molar-refractivity contribution in [1.82, 2.24) is 10.2 Å². The number of hydrogen-bond acceptors (Lipinski definition) is 3. The maximum absolute atomic E-state index is 12.4. The van der Waals surface area contributed by atoms with Gasteiger partial charge in [-0.05, 0) is 50.5 Å². The summed E-state index contributed by atoms with van der Waals surface area (Å²) in [6.07, 6.45) is 4.67. The topological polar surface area (TPSA) is 61.8 Å². The Morgan fingerprint density at radius 2 is 2.16 bits per heavy atom. The van der Waals surface area contributed by atoms with Crippen LogP contribution in [0.15, 0.2) is 24.3 Å². The Kier molecular flexibility index (Phi) is 5.74. The molecule has 2 unspecified atom stereocenters. The highest BCUT2D eigenvalue weighted by Gasteiger charge is 2.43. The zero-order chi connectivity index (χ0) is 17.9. The van der Waals surface area contributed by atoms with Crippen LogP contribution in [0.25, 0.3) is 0 Å². The molecular weight excluding hydrogens is 340 g/mol. The zero-order valence-corrected chi connectivity index (χ0v) is 15.5. The molecule has 1 aromatic carbocycles. The van der Waals surface area contributed by atoms with Gasteiger partial charge in [0.15, 0.2) is 0 Å². The van der Waals surface area contributed by atoms with E-state index >= 15 is 0 Å². The van der Waals surface area contributed by atoms with Gasteiger partial charge in [-0.25, -0.2) is 4.79 Å². The molecule has 2 aliphatic rings. The highest BCUT2D eigenvalue weighted by Crippen LogP contribution is 2.39. The molecule has 3 atom stereocenters. The lowest BCUT2D eigenvalue weighted by Gasteiger charge is -2.47. The summed E-state index contributed by atoms with van der Waals surface area (Å²) in [5.74, 6) is 0.944. The third-order valence-corrected chi connectivity index (χ3v) is 5.66. The van der Waals surface area contributed by atoms with Gasteiger partial charge in [0.25, 0.3) is 0 Å². The summed E-state index contributed by atoms with van der Waals surface area (Å²) >= 11 is 5.86. The van der Waals surface area contributed by atoms with Gasteiger partial charge in [0.05, 0.1) is 12.1 Å². The number of carbonyl (C=O) groups is 1. The lowest BCUT2D eigenvalue weighted by Crippen LogP contribution is -2.56. The number of aliphatic hydroxyl groups is 1. The van der Waals surface area contributed by atoms with Crippen LogP contribution < -0.4 is 10.1 Å². The van der Waals surface area contributed by atoms with E-state index in [-0.39, 0.29) is 18.1 Å². The monoisotopic (exact) mass is 366 g/mol. The van der Waals surface area contributed by atoms with Gasteiger partial charge in [-0.2, -0.15) is 0 Å². The maximum Gasteiger partial charge on any atom is 0.317 e. The van der Waals surface area contributed by atoms with Crippen LogP contribution in [0.1, 0.15) is 39.0 Å². The van der Waals surface area contributed by atoms with E-state index in [1.165, 1.54) is 0 Å². The molecule has 1 aromatic rings. The van der Waals surface area contributed by atoms with E-state index in [0.29, 0.717) is 31.1 Å². The van der Waals surface area contributed by atoms with Crippen LogP contribution in [-0.2, 0) is 0 Å². The molecule has 2 fully saturated rings. The maximum atomic E-state index is 12.4. The zero-order valence-electron chi connectivity index (χ0n) is 14.7. The van der Waals surface area contributed by atoms with E-state index in [2.05, 4.69) is 5.32 Å². The number of hydrogen-bond donors (Lipinski definition) is 2. The first-order chi connectivity index (χ1) is 12.0. The van der Waals surface area contributed by atoms with E-state index < -0.39 is 5.60 Å². The van der Waals surface area contributed by atoms with Crippen molar-refractivity contribution in [3.05, 3.63) is 29.3 Å². The summed E-state index contributed by atoms with van der Waals surface area (Å²) in [5, 5.41) is 14.3. The van der Waals surface area contributed by atoms with Gasteiger partial charge in [0, 0.05) is 24.0 Å². The van der Waals surface area contributed by atoms with Crippen molar-refractivity contribution in [3.63, 3.8) is 0 Å². The van der Waals surface area contributed by atoms with Crippen molar-refractivity contribution in [1.29, 1.82) is 0 Å². The molecule has 0 spiro atoms. The van der Waals surface area contributed by atoms with Crippen LogP contribution in [0.4, 0.5) is 4.79 Å². The smallest absolute Gasteiger partial charge is 0.317 e. The Labute approximate surface area is 154 Å². The summed E-state index contributed by atoms with van der Waals surface area (Å²) in [5.41, 5.74) is -0.556. The second-order valence-electron chi connectivity index (χ2n) is 7.31. The third kappa shape index (κ3) is 4.59. The van der Waals surface area contributed by atoms with Crippen molar-refractivity contribution in [2.75, 3.05) is 19.6 Å². The third-order valence-electron chi connectivity index (χ3n) is 5.41. The molecule has 3 rings (SSSR count). The second kappa shape index (κ2) is 7.83. The number of ether oxygens (including phenoxy) is 1. The summed E-state index contributed by atoms with van der Waals surface area (Å²) in [4.78, 5) is 14.3. The molecule has 0 aromatic heterocycles. The molecule has 2 N–H and O–H groups in total. The van der Waals surface area contributed by atoms with Gasteiger partial charge < -0.3 is 20.1 Å². The number of benzene rings is 1. The molecule has 25 heavy (non-hydrogen) atoms. The van der Waals surface area contributed by atoms with Crippen molar-refractivity contribution in [2.45, 2.75) is 50.7 Å². The number of carbonyl (C=O) groups excluding carboxylic acids is 1. The average molecular weight is 367 g/mol. The average Bonchev–Trinajstić information content (AvgIpc) is 2.61. The minimum absolute atomic E-state index is 0.0702. The molecule has 2 amide bonds. The van der Waals surface area contributed by atoms with Crippen LogP contribution in [0, 0.1) is 5.92 Å². The van der Waals surface area contributed by atoms with Gasteiger partial charge in [-0.1, -0.05) is 24.4 Å². The molecule has 0 radical (unpaired) electrons. The molecular formula is C19H27ClN2O3. The Morgan fingerprint density at radius 1 is 1.40 bits per heavy atom. The van der Waals surface area contributed by atoms with Crippen LogP contribution in [-0.4, -0.2) is 47.4 Å². The molecule has 5 nitrogen and oxygen atoms in total. The Bertz CT molecular complexity index is 595. The van der Waals surface area contributed by atoms with Gasteiger partial charge >= 0.3 is 6.03 Å². The summed E-state index contributed by atoms with van der Waals surface area (Å²) in [6, 6.07) is 7.12. The van der Waals surface area contributed by atoms with Gasteiger partial charge in [0.2, 0.25) is 0 Å². The van der Waals surface area contributed by atoms with E-state index in [9.17, 15) is 9.90 Å². The van der Waals surface area contributed by atoms with Crippen LogP contribution in [0.2, 0.25) is 5.02 Å². The van der Waals surface area contributed by atoms with Crippen molar-refractivity contribution in [3.8, 4) is 5.75 Å². The number of likely N-dealkylation sites (tertiary alicyclic amines) is 1. The van der Waals surface area contributed by atoms with Gasteiger partial charge in [-0.15, -0.1) is 0 Å². The fourth-order valence-electron chi connectivity index (χ4n) is 3.89. The molecule has 1 saturated heterocycles. The van der Waals surface area contributed by atoms with E-state index in [1.54, 1.807) is 12.1 Å². The summed E-state index contributed by atoms with van der Waals surface area (Å²) in [7, 11) is 0. The highest BCUT2D eigenvalue weighted by molar-refractivity contribution is 6.30. The second-order valence-corrected chi connectivity index (χ2v) is 7.75. The van der Waals surface area contributed by atoms with Crippen LogP contribution in [0.3, 0.4) is 0 Å². The lowest BCUT2D eigenvalue weighted by molar-refractivity contribution is -0.0871. The molecule has 0 bridgehead atoms. The molecule has 1 aliphatic heterocycles. The Balaban J connectivity index is 1.45. The number of amides is 2. The van der Waals surface area contributed by atoms with Gasteiger partial charge in [0.1, 0.15) is 11.9 Å². The number of halogens is 1. The van der Waals surface area contributed by atoms with Crippen molar-refractivity contribution >= 4 is 17.6 Å². The molecule has 138 valence electrons. The lowest BCUT2D eigenvalue weighted by atomic mass is 9.71. The Hall–Kier alpha value is -1.46. The van der Waals surface area contributed by atoms with E-state index in [4.69, 9.17) is 16.3 Å². The van der Waals surface area contributed by atoms with Crippen LogP contribution >= 0.6 is 11.6 Å².